The molecular formula is C18H19F3N2O. The number of nitrogens with one attached hydrogen (secondary N) is 2. The van der Waals surface area contributed by atoms with Crippen molar-refractivity contribution < 1.29 is 18.0 Å². The third-order valence-corrected chi connectivity index (χ3v) is 3.57. The van der Waals surface area contributed by atoms with E-state index >= 15 is 0 Å². The first-order chi connectivity index (χ1) is 11.3. The maximum Gasteiger partial charge on any atom is 0.418 e. The minimum atomic E-state index is -4.50. The number of benzene rings is 2. The smallest absolute Gasteiger partial charge is 0.384 e. The lowest BCUT2D eigenvalue weighted by Crippen LogP contribution is -2.19. The van der Waals surface area contributed by atoms with Crippen LogP contribution in [0.5, 0.6) is 0 Å². The molecule has 0 aliphatic carbocycles. The summed E-state index contributed by atoms with van der Waals surface area (Å²) in [5.41, 5.74) is 1.98. The van der Waals surface area contributed by atoms with Crippen LogP contribution in [0, 0.1) is 13.8 Å². The molecule has 0 fully saturated rings. The van der Waals surface area contributed by atoms with Gasteiger partial charge in [0, 0.05) is 18.7 Å². The molecule has 0 atom stereocenters. The van der Waals surface area contributed by atoms with Crippen LogP contribution in [0.15, 0.2) is 42.5 Å². The van der Waals surface area contributed by atoms with Gasteiger partial charge in [-0.2, -0.15) is 13.2 Å². The molecule has 2 aromatic carbocycles. The first kappa shape index (κ1) is 17.8. The van der Waals surface area contributed by atoms with Crippen molar-refractivity contribution in [2.75, 3.05) is 17.2 Å². The molecular weight excluding hydrogens is 317 g/mol. The summed E-state index contributed by atoms with van der Waals surface area (Å²) in [6.07, 6.45) is -4.43. The van der Waals surface area contributed by atoms with Crippen molar-refractivity contribution in [1.29, 1.82) is 0 Å². The maximum atomic E-state index is 12.9. The second kappa shape index (κ2) is 7.38. The van der Waals surface area contributed by atoms with Crippen molar-refractivity contribution in [1.82, 2.24) is 0 Å². The van der Waals surface area contributed by atoms with Gasteiger partial charge in [0.15, 0.2) is 0 Å². The summed E-state index contributed by atoms with van der Waals surface area (Å²) in [6, 6.07) is 10.9. The highest BCUT2D eigenvalue weighted by Crippen LogP contribution is 2.34. The van der Waals surface area contributed by atoms with Crippen molar-refractivity contribution >= 4 is 17.3 Å². The standard InChI is InChI=1S/C18H19F3N2O/c1-12-7-8-13(2)16(11-12)22-10-9-17(24)23-15-6-4-3-5-14(15)18(19,20)21/h3-8,11,22H,9-10H2,1-2H3,(H,23,24). The van der Waals surface area contributed by atoms with E-state index in [1.54, 1.807) is 0 Å². The number of amides is 1. The van der Waals surface area contributed by atoms with Gasteiger partial charge in [0.25, 0.3) is 0 Å². The monoisotopic (exact) mass is 336 g/mol. The van der Waals surface area contributed by atoms with Crippen molar-refractivity contribution in [3.8, 4) is 0 Å². The summed E-state index contributed by atoms with van der Waals surface area (Å²) in [5.74, 6) is -0.468. The minimum absolute atomic E-state index is 0.0690. The van der Waals surface area contributed by atoms with Gasteiger partial charge < -0.3 is 10.6 Å². The summed E-state index contributed by atoms with van der Waals surface area (Å²) in [7, 11) is 0. The third kappa shape index (κ3) is 4.75. The summed E-state index contributed by atoms with van der Waals surface area (Å²) in [5, 5.41) is 5.46. The quantitative estimate of drug-likeness (QED) is 0.826. The number of alkyl halides is 3. The lowest BCUT2D eigenvalue weighted by Gasteiger charge is -2.14. The number of hydrogen-bond donors (Lipinski definition) is 2. The van der Waals surface area contributed by atoms with Crippen molar-refractivity contribution in [2.24, 2.45) is 0 Å². The largest absolute Gasteiger partial charge is 0.418 e. The number of carbonyl (C=O) groups is 1. The molecule has 0 heterocycles. The summed E-state index contributed by atoms with van der Waals surface area (Å²) >= 11 is 0. The van der Waals surface area contributed by atoms with E-state index in [0.717, 1.165) is 22.9 Å². The number of carbonyl (C=O) groups excluding carboxylic acids is 1. The summed E-state index contributed by atoms with van der Waals surface area (Å²) in [6.45, 7) is 4.25. The lowest BCUT2D eigenvalue weighted by molar-refractivity contribution is -0.137. The molecule has 2 aromatic rings. The number of para-hydroxylation sites is 1. The molecule has 0 saturated heterocycles. The highest BCUT2D eigenvalue weighted by molar-refractivity contribution is 5.91. The van der Waals surface area contributed by atoms with E-state index in [9.17, 15) is 18.0 Å². The predicted molar refractivity (Wildman–Crippen MR) is 89.1 cm³/mol. The molecule has 0 radical (unpaired) electrons. The van der Waals surface area contributed by atoms with E-state index in [2.05, 4.69) is 10.6 Å². The zero-order chi connectivity index (χ0) is 17.7. The van der Waals surface area contributed by atoms with Crippen LogP contribution in [0.3, 0.4) is 0 Å². The van der Waals surface area contributed by atoms with E-state index < -0.39 is 17.6 Å². The van der Waals surface area contributed by atoms with E-state index in [1.807, 2.05) is 32.0 Å². The van der Waals surface area contributed by atoms with Gasteiger partial charge >= 0.3 is 6.18 Å². The Bertz CT molecular complexity index is 726. The normalized spacial score (nSPS) is 11.2. The summed E-state index contributed by atoms with van der Waals surface area (Å²) < 4.78 is 38.7. The van der Waals surface area contributed by atoms with E-state index in [1.165, 1.54) is 18.2 Å². The Hall–Kier alpha value is -2.50. The fraction of sp³-hybridized carbons (Fsp3) is 0.278. The molecule has 0 bridgehead atoms. The lowest BCUT2D eigenvalue weighted by atomic mass is 10.1. The second-order valence-corrected chi connectivity index (χ2v) is 5.59. The van der Waals surface area contributed by atoms with E-state index in [0.29, 0.717) is 6.54 Å². The first-order valence-electron chi connectivity index (χ1n) is 7.54. The minimum Gasteiger partial charge on any atom is -0.384 e. The van der Waals surface area contributed by atoms with Crippen LogP contribution >= 0.6 is 0 Å². The van der Waals surface area contributed by atoms with Gasteiger partial charge in [-0.25, -0.2) is 0 Å². The highest BCUT2D eigenvalue weighted by Gasteiger charge is 2.33. The maximum absolute atomic E-state index is 12.9. The topological polar surface area (TPSA) is 41.1 Å². The predicted octanol–water partition coefficient (Wildman–Crippen LogP) is 4.76. The van der Waals surface area contributed by atoms with E-state index in [-0.39, 0.29) is 12.1 Å². The zero-order valence-corrected chi connectivity index (χ0v) is 13.5. The van der Waals surface area contributed by atoms with Crippen molar-refractivity contribution in [3.63, 3.8) is 0 Å². The molecule has 1 amide bonds. The zero-order valence-electron chi connectivity index (χ0n) is 13.5. The van der Waals surface area contributed by atoms with Crippen molar-refractivity contribution in [3.05, 3.63) is 59.2 Å². The molecule has 0 aromatic heterocycles. The molecule has 0 saturated carbocycles. The third-order valence-electron chi connectivity index (χ3n) is 3.57. The number of halogens is 3. The van der Waals surface area contributed by atoms with Gasteiger partial charge in [-0.1, -0.05) is 24.3 Å². The Kier molecular flexibility index (Phi) is 5.49. The molecule has 0 aliphatic rings. The number of aryl methyl sites for hydroxylation is 2. The number of rotatable bonds is 5. The Morgan fingerprint density at radius 3 is 2.46 bits per heavy atom. The van der Waals surface area contributed by atoms with Crippen LogP contribution in [-0.4, -0.2) is 12.5 Å². The molecule has 0 spiro atoms. The molecule has 0 unspecified atom stereocenters. The molecule has 24 heavy (non-hydrogen) atoms. The van der Waals surface area contributed by atoms with Crippen molar-refractivity contribution in [2.45, 2.75) is 26.4 Å². The average molecular weight is 336 g/mol. The fourth-order valence-electron chi connectivity index (χ4n) is 2.29. The van der Waals surface area contributed by atoms with E-state index in [4.69, 9.17) is 0 Å². The van der Waals surface area contributed by atoms with Crippen LogP contribution in [0.2, 0.25) is 0 Å². The molecule has 128 valence electrons. The van der Waals surface area contributed by atoms with Gasteiger partial charge in [-0.15, -0.1) is 0 Å². The van der Waals surface area contributed by atoms with Gasteiger partial charge in [0.2, 0.25) is 5.91 Å². The Labute approximate surface area is 138 Å². The second-order valence-electron chi connectivity index (χ2n) is 5.59. The van der Waals surface area contributed by atoms with Crippen LogP contribution < -0.4 is 10.6 Å². The van der Waals surface area contributed by atoms with Gasteiger partial charge in [0.1, 0.15) is 0 Å². The van der Waals surface area contributed by atoms with Crippen LogP contribution in [-0.2, 0) is 11.0 Å². The summed E-state index contributed by atoms with van der Waals surface area (Å²) in [4.78, 5) is 11.9. The van der Waals surface area contributed by atoms with Gasteiger partial charge in [-0.3, -0.25) is 4.79 Å². The molecule has 2 N–H and O–H groups in total. The molecule has 6 heteroatoms. The average Bonchev–Trinajstić information content (AvgIpc) is 2.50. The van der Waals surface area contributed by atoms with Crippen LogP contribution in [0.4, 0.5) is 24.5 Å². The molecule has 3 nitrogen and oxygen atoms in total. The van der Waals surface area contributed by atoms with Crippen LogP contribution in [0.1, 0.15) is 23.1 Å². The number of anilines is 2. The molecule has 2 rings (SSSR count). The van der Waals surface area contributed by atoms with Gasteiger partial charge in [-0.05, 0) is 43.2 Å². The Morgan fingerprint density at radius 2 is 1.75 bits per heavy atom. The highest BCUT2D eigenvalue weighted by atomic mass is 19.4. The van der Waals surface area contributed by atoms with Crippen LogP contribution in [0.25, 0.3) is 0 Å². The Morgan fingerprint density at radius 1 is 1.04 bits per heavy atom. The first-order valence-corrected chi connectivity index (χ1v) is 7.54. The fourth-order valence-corrected chi connectivity index (χ4v) is 2.29. The number of hydrogen-bond acceptors (Lipinski definition) is 2. The Balaban J connectivity index is 1.94. The molecule has 0 aliphatic heterocycles. The SMILES string of the molecule is Cc1ccc(C)c(NCCC(=O)Nc2ccccc2C(F)(F)F)c1. The van der Waals surface area contributed by atoms with Gasteiger partial charge in [0.05, 0.1) is 11.3 Å².